The van der Waals surface area contributed by atoms with Crippen LogP contribution in [0.4, 0.5) is 0 Å². The monoisotopic (exact) mass is 318 g/mol. The maximum Gasteiger partial charge on any atom is 0.0701 e. The SMILES string of the molecule is CC(C)C[C@H](CN)CCNCc1ccc(Br)s1. The van der Waals surface area contributed by atoms with E-state index in [4.69, 9.17) is 5.73 Å². The highest BCUT2D eigenvalue weighted by molar-refractivity contribution is 9.11. The molecule has 4 heteroatoms. The number of hydrogen-bond acceptors (Lipinski definition) is 3. The summed E-state index contributed by atoms with van der Waals surface area (Å²) in [7, 11) is 0. The smallest absolute Gasteiger partial charge is 0.0701 e. The summed E-state index contributed by atoms with van der Waals surface area (Å²) in [5.74, 6) is 1.41. The van der Waals surface area contributed by atoms with E-state index in [9.17, 15) is 0 Å². The van der Waals surface area contributed by atoms with E-state index in [1.165, 1.54) is 21.5 Å². The second-order valence-corrected chi connectivity index (χ2v) is 7.45. The maximum absolute atomic E-state index is 5.79. The summed E-state index contributed by atoms with van der Waals surface area (Å²) in [6.07, 6.45) is 2.42. The van der Waals surface area contributed by atoms with Crippen molar-refractivity contribution in [2.45, 2.75) is 33.2 Å². The van der Waals surface area contributed by atoms with Crippen LogP contribution in [0.3, 0.4) is 0 Å². The van der Waals surface area contributed by atoms with Gasteiger partial charge >= 0.3 is 0 Å². The minimum Gasteiger partial charge on any atom is -0.330 e. The number of thiophene rings is 1. The number of halogens is 1. The van der Waals surface area contributed by atoms with Crippen LogP contribution in [0.5, 0.6) is 0 Å². The molecular formula is C13H23BrN2S. The minimum absolute atomic E-state index is 0.664. The van der Waals surface area contributed by atoms with Gasteiger partial charge in [-0.1, -0.05) is 13.8 Å². The molecule has 2 nitrogen and oxygen atoms in total. The lowest BCUT2D eigenvalue weighted by molar-refractivity contribution is 0.386. The van der Waals surface area contributed by atoms with E-state index in [-0.39, 0.29) is 0 Å². The van der Waals surface area contributed by atoms with Gasteiger partial charge in [-0.05, 0) is 65.8 Å². The average Bonchev–Trinajstić information content (AvgIpc) is 2.68. The Morgan fingerprint density at radius 2 is 2.18 bits per heavy atom. The molecule has 0 bridgehead atoms. The molecular weight excluding hydrogens is 296 g/mol. The molecule has 0 amide bonds. The van der Waals surface area contributed by atoms with Crippen LogP contribution in [0, 0.1) is 11.8 Å². The lowest BCUT2D eigenvalue weighted by Crippen LogP contribution is -2.23. The first kappa shape index (κ1) is 15.2. The highest BCUT2D eigenvalue weighted by Gasteiger charge is 2.08. The second-order valence-electron chi connectivity index (χ2n) is 4.90. The van der Waals surface area contributed by atoms with Crippen molar-refractivity contribution in [1.82, 2.24) is 5.32 Å². The molecule has 0 saturated heterocycles. The largest absolute Gasteiger partial charge is 0.330 e. The Kier molecular flexibility index (Phi) is 7.35. The van der Waals surface area contributed by atoms with Gasteiger partial charge < -0.3 is 11.1 Å². The van der Waals surface area contributed by atoms with Crippen LogP contribution in [0.1, 0.15) is 31.6 Å². The molecule has 17 heavy (non-hydrogen) atoms. The highest BCUT2D eigenvalue weighted by Crippen LogP contribution is 2.21. The number of nitrogens with two attached hydrogens (primary N) is 1. The quantitative estimate of drug-likeness (QED) is 0.718. The van der Waals surface area contributed by atoms with Gasteiger partial charge in [0, 0.05) is 11.4 Å². The summed E-state index contributed by atoms with van der Waals surface area (Å²) in [4.78, 5) is 1.38. The summed E-state index contributed by atoms with van der Waals surface area (Å²) in [6.45, 7) is 7.36. The van der Waals surface area contributed by atoms with Crippen molar-refractivity contribution in [2.75, 3.05) is 13.1 Å². The number of rotatable bonds is 8. The third-order valence-electron chi connectivity index (χ3n) is 2.80. The van der Waals surface area contributed by atoms with Crippen LogP contribution in [0.2, 0.25) is 0 Å². The molecule has 1 heterocycles. The molecule has 1 rings (SSSR count). The van der Waals surface area contributed by atoms with Gasteiger partial charge in [-0.2, -0.15) is 0 Å². The minimum atomic E-state index is 0.664. The van der Waals surface area contributed by atoms with Gasteiger partial charge in [0.25, 0.3) is 0 Å². The molecule has 1 atom stereocenters. The van der Waals surface area contributed by atoms with E-state index >= 15 is 0 Å². The zero-order valence-corrected chi connectivity index (χ0v) is 13.1. The van der Waals surface area contributed by atoms with E-state index in [2.05, 4.69) is 47.2 Å². The van der Waals surface area contributed by atoms with Crippen LogP contribution < -0.4 is 11.1 Å². The topological polar surface area (TPSA) is 38.0 Å². The van der Waals surface area contributed by atoms with Crippen LogP contribution >= 0.6 is 27.3 Å². The first-order valence-corrected chi connectivity index (χ1v) is 7.87. The van der Waals surface area contributed by atoms with E-state index < -0.39 is 0 Å². The lowest BCUT2D eigenvalue weighted by Gasteiger charge is -2.16. The molecule has 0 aromatic carbocycles. The van der Waals surface area contributed by atoms with Crippen molar-refractivity contribution in [3.8, 4) is 0 Å². The predicted octanol–water partition coefficient (Wildman–Crippen LogP) is 3.61. The van der Waals surface area contributed by atoms with Crippen molar-refractivity contribution in [3.05, 3.63) is 20.8 Å². The van der Waals surface area contributed by atoms with E-state index in [1.807, 2.05) is 0 Å². The van der Waals surface area contributed by atoms with Crippen molar-refractivity contribution in [2.24, 2.45) is 17.6 Å². The van der Waals surface area contributed by atoms with Crippen molar-refractivity contribution >= 4 is 27.3 Å². The standard InChI is InChI=1S/C13H23BrN2S/c1-10(2)7-11(8-15)5-6-16-9-12-3-4-13(14)17-12/h3-4,10-11,16H,5-9,15H2,1-2H3/t11-/m1/s1. The van der Waals surface area contributed by atoms with Crippen LogP contribution in [-0.4, -0.2) is 13.1 Å². The normalized spacial score (nSPS) is 13.2. The van der Waals surface area contributed by atoms with E-state index in [0.29, 0.717) is 5.92 Å². The van der Waals surface area contributed by atoms with Gasteiger partial charge in [0.15, 0.2) is 0 Å². The molecule has 1 aromatic heterocycles. The van der Waals surface area contributed by atoms with Crippen molar-refractivity contribution < 1.29 is 0 Å². The Balaban J connectivity index is 2.14. The fraction of sp³-hybridized carbons (Fsp3) is 0.692. The van der Waals surface area contributed by atoms with E-state index in [1.54, 1.807) is 11.3 Å². The zero-order chi connectivity index (χ0) is 12.7. The van der Waals surface area contributed by atoms with E-state index in [0.717, 1.165) is 25.6 Å². The summed E-state index contributed by atoms with van der Waals surface area (Å²) >= 11 is 5.27. The summed E-state index contributed by atoms with van der Waals surface area (Å²) < 4.78 is 1.20. The van der Waals surface area contributed by atoms with Gasteiger partial charge in [-0.15, -0.1) is 11.3 Å². The predicted molar refractivity (Wildman–Crippen MR) is 80.3 cm³/mol. The molecule has 0 saturated carbocycles. The molecule has 0 aliphatic carbocycles. The second kappa shape index (κ2) is 8.25. The molecule has 0 unspecified atom stereocenters. The molecule has 0 aliphatic heterocycles. The van der Waals surface area contributed by atoms with Gasteiger partial charge in [0.2, 0.25) is 0 Å². The first-order valence-electron chi connectivity index (χ1n) is 6.26. The third kappa shape index (κ3) is 6.55. The van der Waals surface area contributed by atoms with Gasteiger partial charge in [-0.25, -0.2) is 0 Å². The molecule has 0 radical (unpaired) electrons. The molecule has 1 aromatic rings. The summed E-state index contributed by atoms with van der Waals surface area (Å²) in [6, 6.07) is 4.26. The molecule has 98 valence electrons. The van der Waals surface area contributed by atoms with Crippen molar-refractivity contribution in [3.63, 3.8) is 0 Å². The third-order valence-corrected chi connectivity index (χ3v) is 4.42. The fourth-order valence-corrected chi connectivity index (χ4v) is 3.42. The van der Waals surface area contributed by atoms with Gasteiger partial charge in [0.05, 0.1) is 3.79 Å². The van der Waals surface area contributed by atoms with Gasteiger partial charge in [0.1, 0.15) is 0 Å². The van der Waals surface area contributed by atoms with Crippen LogP contribution in [0.15, 0.2) is 15.9 Å². The summed E-state index contributed by atoms with van der Waals surface area (Å²) in [5, 5.41) is 3.49. The molecule has 3 N–H and O–H groups in total. The number of hydrogen-bond donors (Lipinski definition) is 2. The summed E-state index contributed by atoms with van der Waals surface area (Å²) in [5.41, 5.74) is 5.79. The zero-order valence-electron chi connectivity index (χ0n) is 10.7. The first-order chi connectivity index (χ1) is 8.11. The highest BCUT2D eigenvalue weighted by atomic mass is 79.9. The Morgan fingerprint density at radius 3 is 2.71 bits per heavy atom. The van der Waals surface area contributed by atoms with Gasteiger partial charge in [-0.3, -0.25) is 0 Å². The Hall–Kier alpha value is 0.1000. The Bertz CT molecular complexity index is 312. The maximum atomic E-state index is 5.79. The Labute approximate surface area is 117 Å². The fourth-order valence-electron chi connectivity index (χ4n) is 1.96. The average molecular weight is 319 g/mol. The van der Waals surface area contributed by atoms with Crippen molar-refractivity contribution in [1.29, 1.82) is 0 Å². The molecule has 0 spiro atoms. The van der Waals surface area contributed by atoms with Crippen LogP contribution in [-0.2, 0) is 6.54 Å². The van der Waals surface area contributed by atoms with Crippen LogP contribution in [0.25, 0.3) is 0 Å². The number of nitrogens with one attached hydrogen (secondary N) is 1. The molecule has 0 fully saturated rings. The molecule has 0 aliphatic rings. The Morgan fingerprint density at radius 1 is 1.41 bits per heavy atom. The lowest BCUT2D eigenvalue weighted by atomic mass is 9.94.